The van der Waals surface area contributed by atoms with Gasteiger partial charge in [-0.25, -0.2) is 0 Å². The van der Waals surface area contributed by atoms with Crippen molar-refractivity contribution in [3.8, 4) is 11.1 Å². The van der Waals surface area contributed by atoms with Crippen LogP contribution in [0.25, 0.3) is 11.1 Å². The molecule has 2 aliphatic carbocycles. The minimum Gasteiger partial charge on any atom is -0.0804 e. The third-order valence-corrected chi connectivity index (χ3v) is 9.24. The van der Waals surface area contributed by atoms with Crippen LogP contribution in [0.15, 0.2) is 90.5 Å². The summed E-state index contributed by atoms with van der Waals surface area (Å²) in [4.78, 5) is 0. The lowest BCUT2D eigenvalue weighted by atomic mass is 9.59. The van der Waals surface area contributed by atoms with E-state index in [1.807, 2.05) is 0 Å². The van der Waals surface area contributed by atoms with Gasteiger partial charge in [0.05, 0.1) is 0 Å². The van der Waals surface area contributed by atoms with E-state index in [9.17, 15) is 0 Å². The minimum atomic E-state index is -0.102. The molecule has 3 aromatic carbocycles. The Hall–Kier alpha value is -2.86. The first kappa shape index (κ1) is 27.7. The number of rotatable bonds is 8. The van der Waals surface area contributed by atoms with E-state index in [0.717, 1.165) is 12.8 Å². The standard InChI is InChI=1S/C39H48/c1-8-9-10-16-25-39(29-19-14-15-20-29,28-17-12-11-13-18-28)36-34-26-30(37(2,3)4)21-23-32(34)33-24-22-31(27-35(33)36)38(5,6)7/h11-14,17-24,26-27,36H,8-10,15-16,25H2,1-7H3. The smallest absolute Gasteiger partial charge is 0.0309 e. The lowest BCUT2D eigenvalue weighted by Crippen LogP contribution is -2.35. The summed E-state index contributed by atoms with van der Waals surface area (Å²) in [6.07, 6.45) is 14.6. The van der Waals surface area contributed by atoms with Crippen LogP contribution < -0.4 is 0 Å². The topological polar surface area (TPSA) is 0 Å². The average Bonchev–Trinajstić information content (AvgIpc) is 3.55. The largest absolute Gasteiger partial charge is 0.0804 e. The molecule has 1 atom stereocenters. The Labute approximate surface area is 238 Å². The molecule has 39 heavy (non-hydrogen) atoms. The highest BCUT2D eigenvalue weighted by atomic mass is 14.5. The molecule has 0 spiro atoms. The zero-order chi connectivity index (χ0) is 27.8. The van der Waals surface area contributed by atoms with Crippen LogP contribution >= 0.6 is 0 Å². The predicted octanol–water partition coefficient (Wildman–Crippen LogP) is 11.2. The Morgan fingerprint density at radius 3 is 1.74 bits per heavy atom. The van der Waals surface area contributed by atoms with Crippen molar-refractivity contribution in [2.45, 2.75) is 109 Å². The van der Waals surface area contributed by atoms with Crippen molar-refractivity contribution in [3.05, 3.63) is 118 Å². The van der Waals surface area contributed by atoms with E-state index in [1.165, 1.54) is 70.2 Å². The first-order valence-electron chi connectivity index (χ1n) is 15.3. The van der Waals surface area contributed by atoms with Gasteiger partial charge in [-0.2, -0.15) is 0 Å². The van der Waals surface area contributed by atoms with E-state index < -0.39 is 0 Å². The molecule has 0 heterocycles. The SMILES string of the molecule is CCCCCCC(C1=CCC=C1)(c1ccccc1)C1c2cc(C(C)(C)C)ccc2-c2ccc(C(C)(C)C)cc21. The van der Waals surface area contributed by atoms with Gasteiger partial charge in [-0.15, -0.1) is 0 Å². The van der Waals surface area contributed by atoms with Gasteiger partial charge in [0.1, 0.15) is 0 Å². The lowest BCUT2D eigenvalue weighted by molar-refractivity contribution is 0.399. The molecule has 0 amide bonds. The van der Waals surface area contributed by atoms with E-state index in [-0.39, 0.29) is 22.2 Å². The quantitative estimate of drug-likeness (QED) is 0.261. The van der Waals surface area contributed by atoms with Crippen LogP contribution in [0, 0.1) is 0 Å². The fraction of sp³-hybridized carbons (Fsp3) is 0.436. The number of hydrogen-bond acceptors (Lipinski definition) is 0. The first-order chi connectivity index (χ1) is 18.6. The third kappa shape index (κ3) is 5.08. The normalized spacial score (nSPS) is 16.6. The van der Waals surface area contributed by atoms with Crippen LogP contribution in [0.2, 0.25) is 0 Å². The second kappa shape index (κ2) is 10.6. The lowest BCUT2D eigenvalue weighted by Gasteiger charge is -2.43. The molecule has 3 aromatic rings. The van der Waals surface area contributed by atoms with Crippen LogP contribution in [-0.2, 0) is 16.2 Å². The molecule has 5 rings (SSSR count). The maximum atomic E-state index is 2.57. The number of benzene rings is 3. The van der Waals surface area contributed by atoms with Gasteiger partial charge in [0.25, 0.3) is 0 Å². The fourth-order valence-corrected chi connectivity index (χ4v) is 7.01. The summed E-state index contributed by atoms with van der Waals surface area (Å²) in [5.74, 6) is 0.283. The maximum absolute atomic E-state index is 2.57. The molecule has 0 heteroatoms. The zero-order valence-corrected chi connectivity index (χ0v) is 25.4. The number of unbranched alkanes of at least 4 members (excludes halogenated alkanes) is 3. The molecular weight excluding hydrogens is 468 g/mol. The summed E-state index contributed by atoms with van der Waals surface area (Å²) in [6.45, 7) is 16.4. The molecular formula is C39H48. The van der Waals surface area contributed by atoms with Crippen LogP contribution in [0.1, 0.15) is 121 Å². The summed E-state index contributed by atoms with van der Waals surface area (Å²) in [5, 5.41) is 0. The second-order valence-electron chi connectivity index (χ2n) is 14.0. The van der Waals surface area contributed by atoms with Crippen LogP contribution in [0.5, 0.6) is 0 Å². The van der Waals surface area contributed by atoms with Crippen molar-refractivity contribution in [3.63, 3.8) is 0 Å². The highest BCUT2D eigenvalue weighted by molar-refractivity contribution is 5.82. The van der Waals surface area contributed by atoms with Crippen molar-refractivity contribution < 1.29 is 0 Å². The van der Waals surface area contributed by atoms with Gasteiger partial charge in [-0.3, -0.25) is 0 Å². The van der Waals surface area contributed by atoms with E-state index in [1.54, 1.807) is 0 Å². The van der Waals surface area contributed by atoms with Gasteiger partial charge in [0, 0.05) is 11.3 Å². The van der Waals surface area contributed by atoms with E-state index >= 15 is 0 Å². The Bertz CT molecular complexity index is 1310. The summed E-state index contributed by atoms with van der Waals surface area (Å²) >= 11 is 0. The van der Waals surface area contributed by atoms with Crippen LogP contribution in [0.3, 0.4) is 0 Å². The second-order valence-corrected chi connectivity index (χ2v) is 14.0. The van der Waals surface area contributed by atoms with Gasteiger partial charge in [-0.05, 0) is 68.2 Å². The number of hydrogen-bond donors (Lipinski definition) is 0. The molecule has 0 saturated carbocycles. The first-order valence-corrected chi connectivity index (χ1v) is 15.3. The Morgan fingerprint density at radius 1 is 0.667 bits per heavy atom. The van der Waals surface area contributed by atoms with E-state index in [4.69, 9.17) is 0 Å². The van der Waals surface area contributed by atoms with Crippen molar-refractivity contribution >= 4 is 0 Å². The molecule has 0 aromatic heterocycles. The number of allylic oxidation sites excluding steroid dienone is 4. The summed E-state index contributed by atoms with van der Waals surface area (Å²) in [6, 6.07) is 26.2. The van der Waals surface area contributed by atoms with Crippen molar-refractivity contribution in [2.75, 3.05) is 0 Å². The van der Waals surface area contributed by atoms with Crippen molar-refractivity contribution in [2.24, 2.45) is 0 Å². The van der Waals surface area contributed by atoms with Gasteiger partial charge in [-0.1, -0.05) is 159 Å². The molecule has 0 N–H and O–H groups in total. The van der Waals surface area contributed by atoms with Crippen LogP contribution in [-0.4, -0.2) is 0 Å². The molecule has 0 radical (unpaired) electrons. The molecule has 2 aliphatic rings. The highest BCUT2D eigenvalue weighted by Gasteiger charge is 2.48. The van der Waals surface area contributed by atoms with Gasteiger partial charge in [0.2, 0.25) is 0 Å². The summed E-state index contributed by atoms with van der Waals surface area (Å²) in [5.41, 5.74) is 11.8. The van der Waals surface area contributed by atoms with Crippen LogP contribution in [0.4, 0.5) is 0 Å². The third-order valence-electron chi connectivity index (χ3n) is 9.24. The average molecular weight is 517 g/mol. The summed E-state index contributed by atoms with van der Waals surface area (Å²) in [7, 11) is 0. The van der Waals surface area contributed by atoms with Gasteiger partial charge in [0.15, 0.2) is 0 Å². The summed E-state index contributed by atoms with van der Waals surface area (Å²) < 4.78 is 0. The molecule has 0 nitrogen and oxygen atoms in total. The van der Waals surface area contributed by atoms with Gasteiger partial charge >= 0.3 is 0 Å². The Balaban J connectivity index is 1.83. The monoisotopic (exact) mass is 516 g/mol. The van der Waals surface area contributed by atoms with Crippen molar-refractivity contribution in [1.29, 1.82) is 0 Å². The molecule has 0 saturated heterocycles. The zero-order valence-electron chi connectivity index (χ0n) is 25.4. The predicted molar refractivity (Wildman–Crippen MR) is 170 cm³/mol. The van der Waals surface area contributed by atoms with E-state index in [2.05, 4.69) is 133 Å². The van der Waals surface area contributed by atoms with Crippen molar-refractivity contribution in [1.82, 2.24) is 0 Å². The highest BCUT2D eigenvalue weighted by Crippen LogP contribution is 2.60. The minimum absolute atomic E-state index is 0.102. The molecule has 0 bridgehead atoms. The fourth-order valence-electron chi connectivity index (χ4n) is 7.01. The van der Waals surface area contributed by atoms with E-state index in [0.29, 0.717) is 0 Å². The number of fused-ring (bicyclic) bond motifs is 3. The molecule has 1 unspecified atom stereocenters. The Morgan fingerprint density at radius 2 is 1.26 bits per heavy atom. The Kier molecular flexibility index (Phi) is 7.53. The maximum Gasteiger partial charge on any atom is 0.0309 e. The van der Waals surface area contributed by atoms with Gasteiger partial charge < -0.3 is 0 Å². The molecule has 204 valence electrons. The molecule has 0 fully saturated rings. The molecule has 0 aliphatic heterocycles.